The van der Waals surface area contributed by atoms with Crippen LogP contribution in [0.3, 0.4) is 0 Å². The number of aliphatic hydroxyl groups excluding tert-OH is 2. The quantitative estimate of drug-likeness (QED) is 0.0810. The molecule has 3 rings (SSSR count). The first-order chi connectivity index (χ1) is 20.8. The van der Waals surface area contributed by atoms with E-state index >= 15 is 0 Å². The van der Waals surface area contributed by atoms with Crippen molar-refractivity contribution < 1.29 is 38.7 Å². The van der Waals surface area contributed by atoms with Crippen molar-refractivity contribution in [1.82, 2.24) is 0 Å². The number of hydrogen-bond donors (Lipinski definition) is 2. The van der Waals surface area contributed by atoms with E-state index in [-0.39, 0.29) is 22.6 Å². The fraction of sp³-hybridized carbons (Fsp3) is 0.257. The first-order valence-corrected chi connectivity index (χ1v) is 13.9. The molecule has 0 atom stereocenters. The summed E-state index contributed by atoms with van der Waals surface area (Å²) in [5, 5.41) is 18.0. The number of carbonyl (C=O) groups is 2. The Morgan fingerprint density at radius 3 is 1.67 bits per heavy atom. The van der Waals surface area contributed by atoms with Gasteiger partial charge in [0, 0.05) is 17.2 Å². The minimum atomic E-state index is -0.794. The van der Waals surface area contributed by atoms with Gasteiger partial charge in [-0.05, 0) is 53.8 Å². The van der Waals surface area contributed by atoms with Crippen LogP contribution in [0.1, 0.15) is 42.9 Å². The summed E-state index contributed by atoms with van der Waals surface area (Å²) in [6.07, 6.45) is 4.75. The molecule has 0 aliphatic heterocycles. The van der Waals surface area contributed by atoms with Gasteiger partial charge in [0.2, 0.25) is 13.6 Å². The summed E-state index contributed by atoms with van der Waals surface area (Å²) in [5.41, 5.74) is 4.67. The van der Waals surface area contributed by atoms with Gasteiger partial charge in [-0.25, -0.2) is 9.59 Å². The molecule has 0 radical (unpaired) electrons. The fourth-order valence-corrected chi connectivity index (χ4v) is 3.78. The van der Waals surface area contributed by atoms with Gasteiger partial charge in [0.1, 0.15) is 11.5 Å². The molecule has 0 aromatic heterocycles. The Balaban J connectivity index is 1.72. The first-order valence-electron chi connectivity index (χ1n) is 13.9. The molecule has 0 saturated heterocycles. The number of aliphatic hydroxyl groups is 2. The number of rotatable bonds is 15. The summed E-state index contributed by atoms with van der Waals surface area (Å²) in [6, 6.07) is 21.3. The molecule has 8 nitrogen and oxygen atoms in total. The van der Waals surface area contributed by atoms with Crippen molar-refractivity contribution in [3.05, 3.63) is 108 Å². The fourth-order valence-electron chi connectivity index (χ4n) is 3.78. The molecule has 0 aliphatic carbocycles. The molecule has 0 bridgehead atoms. The summed E-state index contributed by atoms with van der Waals surface area (Å²) >= 11 is 0. The molecule has 0 spiro atoms. The van der Waals surface area contributed by atoms with Crippen LogP contribution in [0.15, 0.2) is 91.0 Å². The van der Waals surface area contributed by atoms with Crippen LogP contribution >= 0.6 is 0 Å². The molecule has 0 heterocycles. The van der Waals surface area contributed by atoms with E-state index < -0.39 is 38.7 Å². The Morgan fingerprint density at radius 2 is 1.19 bits per heavy atom. The average Bonchev–Trinajstić information content (AvgIpc) is 3.03. The Labute approximate surface area is 252 Å². The number of esters is 2. The Kier molecular flexibility index (Phi) is 13.1. The maximum absolute atomic E-state index is 11.7. The van der Waals surface area contributed by atoms with Crippen LogP contribution in [0.4, 0.5) is 0 Å². The van der Waals surface area contributed by atoms with Crippen LogP contribution in [-0.4, -0.2) is 49.0 Å². The van der Waals surface area contributed by atoms with Gasteiger partial charge in [-0.1, -0.05) is 81.2 Å². The normalized spacial score (nSPS) is 10.2. The van der Waals surface area contributed by atoms with E-state index in [1.54, 1.807) is 12.1 Å². The van der Waals surface area contributed by atoms with E-state index in [0.717, 1.165) is 23.1 Å². The van der Waals surface area contributed by atoms with Gasteiger partial charge < -0.3 is 29.2 Å². The first kappa shape index (κ1) is 32.7. The molecular formula is C35H36O8. The smallest absolute Gasteiger partial charge is 0.338 e. The van der Waals surface area contributed by atoms with Gasteiger partial charge in [-0.15, -0.1) is 0 Å². The number of ether oxygens (including phenoxy) is 4. The monoisotopic (exact) mass is 584 g/mol. The van der Waals surface area contributed by atoms with Crippen molar-refractivity contribution in [2.75, 3.05) is 26.8 Å². The largest absolute Gasteiger partial charge is 0.457 e. The van der Waals surface area contributed by atoms with Crippen molar-refractivity contribution in [3.8, 4) is 34.5 Å². The number of hydrogen-bond acceptors (Lipinski definition) is 8. The van der Waals surface area contributed by atoms with Crippen molar-refractivity contribution in [2.45, 2.75) is 32.6 Å². The lowest BCUT2D eigenvalue weighted by Crippen LogP contribution is -2.14. The van der Waals surface area contributed by atoms with E-state index in [2.05, 4.69) is 56.2 Å². The van der Waals surface area contributed by atoms with Gasteiger partial charge in [0.25, 0.3) is 0 Å². The maximum Gasteiger partial charge on any atom is 0.338 e. The highest BCUT2D eigenvalue weighted by atomic mass is 16.7. The van der Waals surface area contributed by atoms with Crippen LogP contribution in [0, 0.1) is 11.8 Å². The topological polar surface area (TPSA) is 112 Å². The minimum absolute atomic E-state index is 0.107. The SMILES string of the molecule is C=C(CO)C(=O)OCOc1cc(C#Cc2ccc(-c3ccc(CCCCC)cc3)cc2)cc(OCOC(=O)C(=C)CO)c1. The van der Waals surface area contributed by atoms with Gasteiger partial charge in [0.15, 0.2) is 0 Å². The lowest BCUT2D eigenvalue weighted by atomic mass is 10.0. The predicted molar refractivity (Wildman–Crippen MR) is 163 cm³/mol. The number of unbranched alkanes of at least 4 members (excludes halogenated alkanes) is 2. The van der Waals surface area contributed by atoms with Gasteiger partial charge >= 0.3 is 11.9 Å². The molecule has 2 N–H and O–H groups in total. The van der Waals surface area contributed by atoms with Crippen molar-refractivity contribution in [2.24, 2.45) is 0 Å². The molecular weight excluding hydrogens is 548 g/mol. The summed E-state index contributed by atoms with van der Waals surface area (Å²) in [5.74, 6) is 5.13. The lowest BCUT2D eigenvalue weighted by molar-refractivity contribution is -0.146. The van der Waals surface area contributed by atoms with Gasteiger partial charge in [0.05, 0.1) is 24.4 Å². The summed E-state index contributed by atoms with van der Waals surface area (Å²) in [4.78, 5) is 23.5. The molecule has 43 heavy (non-hydrogen) atoms. The second-order valence-electron chi connectivity index (χ2n) is 9.59. The molecule has 3 aromatic rings. The summed E-state index contributed by atoms with van der Waals surface area (Å²) in [6.45, 7) is 7.06. The molecule has 3 aromatic carbocycles. The Bertz CT molecular complexity index is 1410. The Hall–Kier alpha value is -4.84. The molecule has 0 unspecified atom stereocenters. The van der Waals surface area contributed by atoms with Crippen LogP contribution in [0.25, 0.3) is 11.1 Å². The van der Waals surface area contributed by atoms with E-state index in [9.17, 15) is 9.59 Å². The summed E-state index contributed by atoms with van der Waals surface area (Å²) < 4.78 is 20.9. The molecule has 0 fully saturated rings. The van der Waals surface area contributed by atoms with E-state index in [4.69, 9.17) is 29.2 Å². The molecule has 0 saturated carbocycles. The number of carbonyl (C=O) groups excluding carboxylic acids is 2. The van der Waals surface area contributed by atoms with Crippen LogP contribution < -0.4 is 9.47 Å². The minimum Gasteiger partial charge on any atom is -0.457 e. The van der Waals surface area contributed by atoms with Crippen LogP contribution in [0.5, 0.6) is 11.5 Å². The zero-order valence-electron chi connectivity index (χ0n) is 24.3. The van der Waals surface area contributed by atoms with Gasteiger partial charge in [-0.3, -0.25) is 0 Å². The number of benzene rings is 3. The standard InChI is InChI=1S/C35H36O8/c1-4-5-6-7-27-10-14-30(15-11-27)31-16-12-28(13-17-31)8-9-29-18-32(40-23-42-34(38)25(2)21-36)20-33(19-29)41-24-43-35(39)26(3)22-37/h10-20,36-37H,2-7,21-24H2,1H3. The average molecular weight is 585 g/mol. The predicted octanol–water partition coefficient (Wildman–Crippen LogP) is 5.34. The highest BCUT2D eigenvalue weighted by Gasteiger charge is 2.10. The molecule has 0 amide bonds. The second-order valence-corrected chi connectivity index (χ2v) is 9.59. The second kappa shape index (κ2) is 17.2. The van der Waals surface area contributed by atoms with E-state index in [1.165, 1.54) is 30.9 Å². The van der Waals surface area contributed by atoms with Crippen molar-refractivity contribution >= 4 is 11.9 Å². The zero-order valence-corrected chi connectivity index (χ0v) is 24.3. The number of aryl methyl sites for hydroxylation is 1. The maximum atomic E-state index is 11.7. The zero-order chi connectivity index (χ0) is 31.0. The lowest BCUT2D eigenvalue weighted by Gasteiger charge is -2.11. The van der Waals surface area contributed by atoms with Gasteiger partial charge in [-0.2, -0.15) is 0 Å². The highest BCUT2D eigenvalue weighted by Crippen LogP contribution is 2.24. The molecule has 8 heteroatoms. The van der Waals surface area contributed by atoms with Crippen LogP contribution in [-0.2, 0) is 25.5 Å². The van der Waals surface area contributed by atoms with E-state index in [0.29, 0.717) is 5.56 Å². The molecule has 224 valence electrons. The third-order valence-corrected chi connectivity index (χ3v) is 6.26. The highest BCUT2D eigenvalue weighted by molar-refractivity contribution is 5.88. The van der Waals surface area contributed by atoms with Crippen molar-refractivity contribution in [3.63, 3.8) is 0 Å². The Morgan fingerprint density at radius 1 is 0.698 bits per heavy atom. The van der Waals surface area contributed by atoms with Crippen LogP contribution in [0.2, 0.25) is 0 Å². The van der Waals surface area contributed by atoms with Crippen molar-refractivity contribution in [1.29, 1.82) is 0 Å². The third-order valence-electron chi connectivity index (χ3n) is 6.26. The van der Waals surface area contributed by atoms with E-state index in [1.807, 2.05) is 24.3 Å². The molecule has 0 aliphatic rings. The summed E-state index contributed by atoms with van der Waals surface area (Å²) in [7, 11) is 0. The third kappa shape index (κ3) is 10.8.